The number of hydrogen-bond acceptors (Lipinski definition) is 4. The van der Waals surface area contributed by atoms with E-state index in [1.54, 1.807) is 12.3 Å². The first-order valence-electron chi connectivity index (χ1n) is 6.45. The standard InChI is InChI=1S/C15H17ClN4O/c1-10(12-5-3-4-6-13(12)16)20(2)14-8-7-11(9-18-14)15(17)19-21/h3-10,21H,1-2H3,(H2,17,19). The predicted molar refractivity (Wildman–Crippen MR) is 85.0 cm³/mol. The van der Waals surface area contributed by atoms with Crippen LogP contribution in [0.3, 0.4) is 0 Å². The van der Waals surface area contributed by atoms with E-state index in [1.807, 2.05) is 42.3 Å². The molecular weight excluding hydrogens is 288 g/mol. The average Bonchev–Trinajstić information content (AvgIpc) is 2.53. The van der Waals surface area contributed by atoms with Crippen molar-refractivity contribution in [3.63, 3.8) is 0 Å². The summed E-state index contributed by atoms with van der Waals surface area (Å²) in [4.78, 5) is 6.35. The van der Waals surface area contributed by atoms with Crippen molar-refractivity contribution in [1.29, 1.82) is 0 Å². The molecule has 0 aliphatic heterocycles. The van der Waals surface area contributed by atoms with Crippen LogP contribution >= 0.6 is 11.6 Å². The number of nitrogens with two attached hydrogens (primary N) is 1. The maximum Gasteiger partial charge on any atom is 0.171 e. The van der Waals surface area contributed by atoms with Gasteiger partial charge in [-0.05, 0) is 30.7 Å². The summed E-state index contributed by atoms with van der Waals surface area (Å²) in [5.41, 5.74) is 7.12. The minimum Gasteiger partial charge on any atom is -0.409 e. The molecule has 0 spiro atoms. The third-order valence-electron chi connectivity index (χ3n) is 3.45. The molecule has 2 rings (SSSR count). The van der Waals surface area contributed by atoms with Crippen molar-refractivity contribution in [3.8, 4) is 0 Å². The Hall–Kier alpha value is -2.27. The van der Waals surface area contributed by atoms with Crippen LogP contribution in [0.15, 0.2) is 47.8 Å². The highest BCUT2D eigenvalue weighted by atomic mass is 35.5. The molecular formula is C15H17ClN4O. The van der Waals surface area contributed by atoms with Crippen LogP contribution in [0.5, 0.6) is 0 Å². The summed E-state index contributed by atoms with van der Waals surface area (Å²) in [6.07, 6.45) is 1.57. The molecule has 1 heterocycles. The van der Waals surface area contributed by atoms with Crippen LogP contribution in [-0.2, 0) is 0 Å². The minimum absolute atomic E-state index is 0.0378. The zero-order chi connectivity index (χ0) is 15.4. The molecule has 1 atom stereocenters. The highest BCUT2D eigenvalue weighted by molar-refractivity contribution is 6.31. The maximum absolute atomic E-state index is 8.64. The molecule has 0 amide bonds. The molecule has 0 radical (unpaired) electrons. The maximum atomic E-state index is 8.64. The molecule has 0 aliphatic rings. The summed E-state index contributed by atoms with van der Waals surface area (Å²) in [7, 11) is 1.94. The molecule has 1 aromatic carbocycles. The van der Waals surface area contributed by atoms with Gasteiger partial charge in [-0.15, -0.1) is 0 Å². The molecule has 3 N–H and O–H groups in total. The number of halogens is 1. The van der Waals surface area contributed by atoms with Crippen molar-refractivity contribution in [2.24, 2.45) is 10.9 Å². The monoisotopic (exact) mass is 304 g/mol. The highest BCUT2D eigenvalue weighted by Gasteiger charge is 2.16. The van der Waals surface area contributed by atoms with E-state index >= 15 is 0 Å². The van der Waals surface area contributed by atoms with Gasteiger partial charge in [-0.2, -0.15) is 0 Å². The van der Waals surface area contributed by atoms with Crippen LogP contribution in [0.2, 0.25) is 5.02 Å². The number of pyridine rings is 1. The van der Waals surface area contributed by atoms with Gasteiger partial charge in [0.05, 0.1) is 6.04 Å². The van der Waals surface area contributed by atoms with Gasteiger partial charge in [0.25, 0.3) is 0 Å². The van der Waals surface area contributed by atoms with E-state index < -0.39 is 0 Å². The Bertz CT molecular complexity index is 642. The van der Waals surface area contributed by atoms with Gasteiger partial charge in [0.2, 0.25) is 0 Å². The van der Waals surface area contributed by atoms with Gasteiger partial charge in [-0.3, -0.25) is 0 Å². The number of aromatic nitrogens is 1. The van der Waals surface area contributed by atoms with Gasteiger partial charge < -0.3 is 15.8 Å². The SMILES string of the molecule is CC(c1ccccc1Cl)N(C)c1ccc(C(N)=NO)cn1. The van der Waals surface area contributed by atoms with Gasteiger partial charge in [-0.25, -0.2) is 4.98 Å². The molecule has 1 unspecified atom stereocenters. The van der Waals surface area contributed by atoms with Crippen LogP contribution in [0.4, 0.5) is 5.82 Å². The summed E-state index contributed by atoms with van der Waals surface area (Å²) in [6.45, 7) is 2.06. The van der Waals surface area contributed by atoms with E-state index in [-0.39, 0.29) is 11.9 Å². The van der Waals surface area contributed by atoms with Crippen molar-refractivity contribution < 1.29 is 5.21 Å². The molecule has 21 heavy (non-hydrogen) atoms. The Balaban J connectivity index is 2.24. The second-order valence-electron chi connectivity index (χ2n) is 4.70. The molecule has 2 aromatic rings. The van der Waals surface area contributed by atoms with Crippen molar-refractivity contribution in [1.82, 2.24) is 4.98 Å². The summed E-state index contributed by atoms with van der Waals surface area (Å²) < 4.78 is 0. The number of rotatable bonds is 4. The molecule has 110 valence electrons. The van der Waals surface area contributed by atoms with Crippen molar-refractivity contribution in [3.05, 3.63) is 58.7 Å². The zero-order valence-corrected chi connectivity index (χ0v) is 12.6. The quantitative estimate of drug-likeness (QED) is 0.394. The lowest BCUT2D eigenvalue weighted by Crippen LogP contribution is -2.23. The normalized spacial score (nSPS) is 13.0. The van der Waals surface area contributed by atoms with Crippen LogP contribution < -0.4 is 10.6 Å². The molecule has 1 aromatic heterocycles. The average molecular weight is 305 g/mol. The van der Waals surface area contributed by atoms with Gasteiger partial charge in [0.15, 0.2) is 5.84 Å². The Kier molecular flexibility index (Phi) is 4.65. The number of oxime groups is 1. The van der Waals surface area contributed by atoms with E-state index in [0.29, 0.717) is 5.56 Å². The van der Waals surface area contributed by atoms with E-state index in [2.05, 4.69) is 17.1 Å². The zero-order valence-electron chi connectivity index (χ0n) is 11.9. The van der Waals surface area contributed by atoms with E-state index in [9.17, 15) is 0 Å². The van der Waals surface area contributed by atoms with Crippen molar-refractivity contribution in [2.75, 3.05) is 11.9 Å². The number of nitrogens with zero attached hydrogens (tertiary/aromatic N) is 3. The van der Waals surface area contributed by atoms with Crippen LogP contribution in [-0.4, -0.2) is 23.1 Å². The Morgan fingerprint density at radius 2 is 2.05 bits per heavy atom. The number of hydrogen-bond donors (Lipinski definition) is 2. The Morgan fingerprint density at radius 3 is 2.62 bits per heavy atom. The van der Waals surface area contributed by atoms with Gasteiger partial charge in [0, 0.05) is 23.8 Å². The number of amidine groups is 1. The minimum atomic E-state index is 0.0378. The molecule has 0 aliphatic carbocycles. The lowest BCUT2D eigenvalue weighted by molar-refractivity contribution is 0.318. The fourth-order valence-electron chi connectivity index (χ4n) is 2.02. The summed E-state index contributed by atoms with van der Waals surface area (Å²) in [5.74, 6) is 0.813. The van der Waals surface area contributed by atoms with Crippen LogP contribution in [0.1, 0.15) is 24.1 Å². The first-order chi connectivity index (χ1) is 10.0. The second-order valence-corrected chi connectivity index (χ2v) is 5.11. The van der Waals surface area contributed by atoms with Gasteiger partial charge in [0.1, 0.15) is 5.82 Å². The van der Waals surface area contributed by atoms with E-state index in [4.69, 9.17) is 22.5 Å². The lowest BCUT2D eigenvalue weighted by atomic mass is 10.1. The molecule has 0 fully saturated rings. The largest absolute Gasteiger partial charge is 0.409 e. The highest BCUT2D eigenvalue weighted by Crippen LogP contribution is 2.28. The van der Waals surface area contributed by atoms with E-state index in [0.717, 1.165) is 16.4 Å². The predicted octanol–water partition coefficient (Wildman–Crippen LogP) is 3.03. The smallest absolute Gasteiger partial charge is 0.171 e. The summed E-state index contributed by atoms with van der Waals surface area (Å²) in [6, 6.07) is 11.4. The van der Waals surface area contributed by atoms with Crippen molar-refractivity contribution in [2.45, 2.75) is 13.0 Å². The lowest BCUT2D eigenvalue weighted by Gasteiger charge is -2.27. The third-order valence-corrected chi connectivity index (χ3v) is 3.79. The molecule has 0 saturated carbocycles. The van der Waals surface area contributed by atoms with Crippen molar-refractivity contribution >= 4 is 23.3 Å². The molecule has 0 bridgehead atoms. The third kappa shape index (κ3) is 3.25. The first kappa shape index (κ1) is 15.1. The van der Waals surface area contributed by atoms with Crippen LogP contribution in [0, 0.1) is 0 Å². The first-order valence-corrected chi connectivity index (χ1v) is 6.83. The number of benzene rings is 1. The second kappa shape index (κ2) is 6.45. The molecule has 5 nitrogen and oxygen atoms in total. The summed E-state index contributed by atoms with van der Waals surface area (Å²) in [5, 5.41) is 12.3. The molecule has 6 heteroatoms. The Labute approximate surface area is 128 Å². The Morgan fingerprint density at radius 1 is 1.33 bits per heavy atom. The van der Waals surface area contributed by atoms with Crippen LogP contribution in [0.25, 0.3) is 0 Å². The van der Waals surface area contributed by atoms with Gasteiger partial charge in [-0.1, -0.05) is 35.0 Å². The summed E-state index contributed by atoms with van der Waals surface area (Å²) >= 11 is 6.23. The number of anilines is 1. The van der Waals surface area contributed by atoms with Gasteiger partial charge >= 0.3 is 0 Å². The fourth-order valence-corrected chi connectivity index (χ4v) is 2.32. The fraction of sp³-hybridized carbons (Fsp3) is 0.200. The molecule has 0 saturated heterocycles. The van der Waals surface area contributed by atoms with E-state index in [1.165, 1.54) is 0 Å². The topological polar surface area (TPSA) is 74.7 Å².